The van der Waals surface area contributed by atoms with Gasteiger partial charge in [0.1, 0.15) is 11.3 Å². The van der Waals surface area contributed by atoms with E-state index in [1.54, 1.807) is 6.20 Å². The van der Waals surface area contributed by atoms with Gasteiger partial charge in [0.2, 0.25) is 0 Å². The summed E-state index contributed by atoms with van der Waals surface area (Å²) in [5.41, 5.74) is 9.62. The van der Waals surface area contributed by atoms with Crippen molar-refractivity contribution in [2.45, 2.75) is 45.1 Å². The SMILES string of the molecule is C/C(C#N)=C1/c2ccccc2CCc2cc(Cn3c(C4CC4)nc4c(Cl)ccnc43)ccc21. The lowest BCUT2D eigenvalue weighted by molar-refractivity contribution is 0.739. The summed E-state index contributed by atoms with van der Waals surface area (Å²) >= 11 is 6.44. The molecule has 0 aliphatic heterocycles. The molecule has 4 aromatic rings. The van der Waals surface area contributed by atoms with Crippen LogP contribution in [0.3, 0.4) is 0 Å². The molecule has 5 heteroatoms. The average Bonchev–Trinajstić information content (AvgIpc) is 3.63. The van der Waals surface area contributed by atoms with Gasteiger partial charge in [-0.1, -0.05) is 54.1 Å². The maximum atomic E-state index is 9.73. The first-order chi connectivity index (χ1) is 16.1. The van der Waals surface area contributed by atoms with E-state index in [1.807, 2.05) is 13.0 Å². The van der Waals surface area contributed by atoms with Crippen molar-refractivity contribution in [1.29, 1.82) is 5.26 Å². The lowest BCUT2D eigenvalue weighted by atomic mass is 9.90. The molecule has 4 nitrogen and oxygen atoms in total. The van der Waals surface area contributed by atoms with Crippen molar-refractivity contribution in [3.8, 4) is 6.07 Å². The molecule has 0 amide bonds. The Morgan fingerprint density at radius 2 is 1.88 bits per heavy atom. The fourth-order valence-corrected chi connectivity index (χ4v) is 5.23. The van der Waals surface area contributed by atoms with Crippen LogP contribution < -0.4 is 0 Å². The summed E-state index contributed by atoms with van der Waals surface area (Å²) in [6, 6.07) is 19.4. The van der Waals surface area contributed by atoms with E-state index in [-0.39, 0.29) is 0 Å². The summed E-state index contributed by atoms with van der Waals surface area (Å²) in [4.78, 5) is 9.49. The number of imidazole rings is 1. The molecule has 2 aliphatic carbocycles. The average molecular weight is 451 g/mol. The number of halogens is 1. The molecule has 162 valence electrons. The summed E-state index contributed by atoms with van der Waals surface area (Å²) in [6.07, 6.45) is 6.02. The minimum absolute atomic E-state index is 0.499. The number of allylic oxidation sites excluding steroid dienone is 1. The van der Waals surface area contributed by atoms with Gasteiger partial charge in [0.25, 0.3) is 0 Å². The maximum Gasteiger partial charge on any atom is 0.161 e. The molecule has 0 radical (unpaired) electrons. The van der Waals surface area contributed by atoms with Crippen LogP contribution in [0.15, 0.2) is 60.3 Å². The molecular formula is C28H23ClN4. The van der Waals surface area contributed by atoms with Crippen molar-refractivity contribution in [3.63, 3.8) is 0 Å². The van der Waals surface area contributed by atoms with E-state index < -0.39 is 0 Å². The normalized spacial score (nSPS) is 16.6. The summed E-state index contributed by atoms with van der Waals surface area (Å²) in [7, 11) is 0. The molecule has 2 aromatic carbocycles. The fraction of sp³-hybridized carbons (Fsp3) is 0.250. The molecule has 0 saturated heterocycles. The lowest BCUT2D eigenvalue weighted by Gasteiger charge is -2.15. The van der Waals surface area contributed by atoms with Gasteiger partial charge in [-0.3, -0.25) is 0 Å². The number of nitrogens with zero attached hydrogens (tertiary/aromatic N) is 4. The molecular weight excluding hydrogens is 428 g/mol. The van der Waals surface area contributed by atoms with E-state index in [1.165, 1.54) is 40.7 Å². The van der Waals surface area contributed by atoms with E-state index >= 15 is 0 Å². The Morgan fingerprint density at radius 3 is 2.70 bits per heavy atom. The highest BCUT2D eigenvalue weighted by molar-refractivity contribution is 6.34. The summed E-state index contributed by atoms with van der Waals surface area (Å²) in [5, 5.41) is 10.4. The largest absolute Gasteiger partial charge is 0.308 e. The molecule has 0 N–H and O–H groups in total. The molecule has 0 unspecified atom stereocenters. The highest BCUT2D eigenvalue weighted by Gasteiger charge is 2.30. The van der Waals surface area contributed by atoms with Crippen molar-refractivity contribution in [3.05, 3.63) is 99.0 Å². The number of nitriles is 1. The van der Waals surface area contributed by atoms with E-state index in [9.17, 15) is 5.26 Å². The molecule has 1 fully saturated rings. The highest BCUT2D eigenvalue weighted by atomic mass is 35.5. The van der Waals surface area contributed by atoms with Gasteiger partial charge in [0, 0.05) is 23.3 Å². The van der Waals surface area contributed by atoms with Crippen molar-refractivity contribution in [2.24, 2.45) is 0 Å². The van der Waals surface area contributed by atoms with E-state index in [4.69, 9.17) is 16.6 Å². The number of fused-ring (bicyclic) bond motifs is 3. The van der Waals surface area contributed by atoms with E-state index in [0.717, 1.165) is 41.0 Å². The van der Waals surface area contributed by atoms with Gasteiger partial charge in [-0.15, -0.1) is 0 Å². The van der Waals surface area contributed by atoms with Crippen molar-refractivity contribution in [2.75, 3.05) is 0 Å². The van der Waals surface area contributed by atoms with Crippen LogP contribution in [0.25, 0.3) is 16.7 Å². The summed E-state index contributed by atoms with van der Waals surface area (Å²) in [5.74, 6) is 1.59. The monoisotopic (exact) mass is 450 g/mol. The Hall–Kier alpha value is -3.42. The smallest absolute Gasteiger partial charge is 0.161 e. The molecule has 6 rings (SSSR count). The Balaban J connectivity index is 1.46. The number of benzene rings is 2. The molecule has 2 aliphatic rings. The van der Waals surface area contributed by atoms with Crippen molar-refractivity contribution >= 4 is 28.3 Å². The molecule has 1 saturated carbocycles. The third-order valence-electron chi connectivity index (χ3n) is 6.83. The van der Waals surface area contributed by atoms with Crippen LogP contribution in [-0.4, -0.2) is 14.5 Å². The van der Waals surface area contributed by atoms with Gasteiger partial charge in [0.15, 0.2) is 5.65 Å². The van der Waals surface area contributed by atoms with E-state index in [2.05, 4.69) is 58.1 Å². The second-order valence-electron chi connectivity index (χ2n) is 9.06. The van der Waals surface area contributed by atoms with Crippen LogP contribution in [0, 0.1) is 11.3 Å². The quantitative estimate of drug-likeness (QED) is 0.337. The van der Waals surface area contributed by atoms with Gasteiger partial charge >= 0.3 is 0 Å². The highest BCUT2D eigenvalue weighted by Crippen LogP contribution is 2.42. The van der Waals surface area contributed by atoms with Crippen LogP contribution in [0.2, 0.25) is 5.02 Å². The van der Waals surface area contributed by atoms with Crippen LogP contribution in [0.5, 0.6) is 0 Å². The molecule has 2 aromatic heterocycles. The zero-order chi connectivity index (χ0) is 22.5. The van der Waals surface area contributed by atoms with Gasteiger partial charge < -0.3 is 4.57 Å². The van der Waals surface area contributed by atoms with Crippen LogP contribution in [0.1, 0.15) is 59.3 Å². The first-order valence-electron chi connectivity index (χ1n) is 11.5. The van der Waals surface area contributed by atoms with E-state index in [0.29, 0.717) is 17.5 Å². The Labute approximate surface area is 198 Å². The predicted octanol–water partition coefficient (Wildman–Crippen LogP) is 6.45. The number of rotatable bonds is 3. The Morgan fingerprint density at radius 1 is 1.09 bits per heavy atom. The van der Waals surface area contributed by atoms with Crippen LogP contribution >= 0.6 is 11.6 Å². The van der Waals surface area contributed by atoms with Crippen molar-refractivity contribution < 1.29 is 0 Å². The molecule has 0 atom stereocenters. The second kappa shape index (κ2) is 7.86. The van der Waals surface area contributed by atoms with Gasteiger partial charge in [-0.05, 0) is 66.5 Å². The number of hydrogen-bond acceptors (Lipinski definition) is 3. The van der Waals surface area contributed by atoms with Crippen LogP contribution in [0.4, 0.5) is 0 Å². The molecule has 2 heterocycles. The Kier molecular flexibility index (Phi) is 4.81. The summed E-state index contributed by atoms with van der Waals surface area (Å²) in [6.45, 7) is 2.64. The standard InChI is InChI=1S/C28H23ClN4/c1-17(15-30)25-22-5-3-2-4-19(22)7-10-21-14-18(6-11-23(21)25)16-33-27(20-8-9-20)32-26-24(29)12-13-31-28(26)33/h2-6,11-14,20H,7-10,16H2,1H3/b25-17+. The Bertz CT molecular complexity index is 1480. The molecule has 33 heavy (non-hydrogen) atoms. The lowest BCUT2D eigenvalue weighted by Crippen LogP contribution is -2.06. The minimum Gasteiger partial charge on any atom is -0.308 e. The first kappa shape index (κ1) is 20.2. The number of aromatic nitrogens is 3. The number of pyridine rings is 1. The zero-order valence-electron chi connectivity index (χ0n) is 18.5. The maximum absolute atomic E-state index is 9.73. The number of aryl methyl sites for hydroxylation is 2. The molecule has 0 spiro atoms. The van der Waals surface area contributed by atoms with Gasteiger partial charge in [0.05, 0.1) is 17.6 Å². The first-order valence-corrected chi connectivity index (χ1v) is 11.8. The summed E-state index contributed by atoms with van der Waals surface area (Å²) < 4.78 is 2.24. The van der Waals surface area contributed by atoms with Crippen LogP contribution in [-0.2, 0) is 19.4 Å². The van der Waals surface area contributed by atoms with Gasteiger partial charge in [-0.2, -0.15) is 5.26 Å². The zero-order valence-corrected chi connectivity index (χ0v) is 19.2. The number of hydrogen-bond donors (Lipinski definition) is 0. The van der Waals surface area contributed by atoms with Gasteiger partial charge in [-0.25, -0.2) is 9.97 Å². The fourth-order valence-electron chi connectivity index (χ4n) is 5.05. The molecule has 0 bridgehead atoms. The topological polar surface area (TPSA) is 54.5 Å². The third kappa shape index (κ3) is 3.44. The predicted molar refractivity (Wildman–Crippen MR) is 131 cm³/mol. The third-order valence-corrected chi connectivity index (χ3v) is 7.13. The second-order valence-corrected chi connectivity index (χ2v) is 9.46. The van der Waals surface area contributed by atoms with Crippen molar-refractivity contribution in [1.82, 2.24) is 14.5 Å². The minimum atomic E-state index is 0.499.